The van der Waals surface area contributed by atoms with Crippen molar-refractivity contribution < 1.29 is 0 Å². The molecule has 21 heavy (non-hydrogen) atoms. The molecule has 0 aliphatic carbocycles. The summed E-state index contributed by atoms with van der Waals surface area (Å²) in [5.41, 5.74) is 2.56. The second-order valence-corrected chi connectivity index (χ2v) is 6.43. The predicted octanol–water partition coefficient (Wildman–Crippen LogP) is 2.07. The van der Waals surface area contributed by atoms with E-state index in [-0.39, 0.29) is 0 Å². The number of nitrogens with zero attached hydrogens (tertiary/aromatic N) is 3. The molecule has 2 heterocycles. The lowest BCUT2D eigenvalue weighted by molar-refractivity contribution is 0.101. The molecule has 0 saturated carbocycles. The molecule has 2 rings (SSSR count). The number of aryl methyl sites for hydroxylation is 1. The molecular formula is C17H30N4. The predicted molar refractivity (Wildman–Crippen MR) is 88.5 cm³/mol. The first kappa shape index (κ1) is 16.4. The molecule has 2 unspecified atom stereocenters. The first-order valence-electron chi connectivity index (χ1n) is 8.14. The fraction of sp³-hybridized carbons (Fsp3) is 0.706. The van der Waals surface area contributed by atoms with Crippen molar-refractivity contribution in [1.82, 2.24) is 20.1 Å². The van der Waals surface area contributed by atoms with Crippen molar-refractivity contribution >= 4 is 0 Å². The van der Waals surface area contributed by atoms with Crippen LogP contribution < -0.4 is 5.32 Å². The summed E-state index contributed by atoms with van der Waals surface area (Å²) in [5.74, 6) is 0. The molecular weight excluding hydrogens is 260 g/mol. The van der Waals surface area contributed by atoms with E-state index in [1.54, 1.807) is 0 Å². The van der Waals surface area contributed by atoms with Gasteiger partial charge >= 0.3 is 0 Å². The van der Waals surface area contributed by atoms with Gasteiger partial charge < -0.3 is 15.1 Å². The molecule has 0 bridgehead atoms. The summed E-state index contributed by atoms with van der Waals surface area (Å²) in [6, 6.07) is 3.28. The number of hydrogen-bond donors (Lipinski definition) is 1. The van der Waals surface area contributed by atoms with E-state index >= 15 is 0 Å². The van der Waals surface area contributed by atoms with Crippen LogP contribution in [-0.2, 0) is 0 Å². The van der Waals surface area contributed by atoms with Crippen LogP contribution in [0.2, 0.25) is 0 Å². The highest BCUT2D eigenvalue weighted by Gasteiger charge is 2.25. The van der Waals surface area contributed by atoms with E-state index in [4.69, 9.17) is 0 Å². The Hall–Kier alpha value is -0.970. The Morgan fingerprint density at radius 2 is 2.14 bits per heavy atom. The quantitative estimate of drug-likeness (QED) is 0.869. The number of rotatable bonds is 6. The van der Waals surface area contributed by atoms with E-state index in [0.717, 1.165) is 32.5 Å². The largest absolute Gasteiger partial charge is 0.310 e. The van der Waals surface area contributed by atoms with Gasteiger partial charge in [-0.1, -0.05) is 13.0 Å². The summed E-state index contributed by atoms with van der Waals surface area (Å²) in [4.78, 5) is 9.32. The Morgan fingerprint density at radius 3 is 2.86 bits per heavy atom. The van der Waals surface area contributed by atoms with Gasteiger partial charge in [0, 0.05) is 44.1 Å². The lowest BCUT2D eigenvalue weighted by Crippen LogP contribution is -2.51. The third-order valence-corrected chi connectivity index (χ3v) is 4.43. The fourth-order valence-electron chi connectivity index (χ4n) is 3.05. The van der Waals surface area contributed by atoms with Crippen molar-refractivity contribution in [3.05, 3.63) is 29.6 Å². The van der Waals surface area contributed by atoms with E-state index in [0.29, 0.717) is 12.1 Å². The Bertz CT molecular complexity index is 435. The van der Waals surface area contributed by atoms with E-state index in [1.165, 1.54) is 17.7 Å². The van der Waals surface area contributed by atoms with Crippen LogP contribution in [-0.4, -0.2) is 61.1 Å². The van der Waals surface area contributed by atoms with Gasteiger partial charge in [-0.15, -0.1) is 0 Å². The maximum Gasteiger partial charge on any atom is 0.0350 e. The summed E-state index contributed by atoms with van der Waals surface area (Å²) in [7, 11) is 4.48. The van der Waals surface area contributed by atoms with E-state index < -0.39 is 0 Å². The zero-order valence-corrected chi connectivity index (χ0v) is 14.0. The average molecular weight is 290 g/mol. The SMILES string of the molecule is CCCNC(CC1CN(C)CCN1C)c1cncc(C)c1. The number of nitrogens with one attached hydrogen (secondary N) is 1. The lowest BCUT2D eigenvalue weighted by atomic mass is 9.97. The Morgan fingerprint density at radius 1 is 1.33 bits per heavy atom. The Kier molecular flexibility index (Phi) is 6.15. The summed E-state index contributed by atoms with van der Waals surface area (Å²) in [6.07, 6.45) is 6.26. The van der Waals surface area contributed by atoms with Gasteiger partial charge in [0.1, 0.15) is 0 Å². The highest BCUT2D eigenvalue weighted by molar-refractivity contribution is 5.20. The van der Waals surface area contributed by atoms with Crippen LogP contribution in [0.25, 0.3) is 0 Å². The summed E-state index contributed by atoms with van der Waals surface area (Å²) in [6.45, 7) is 8.89. The van der Waals surface area contributed by atoms with Gasteiger partial charge in [-0.05, 0) is 51.5 Å². The molecule has 1 saturated heterocycles. The van der Waals surface area contributed by atoms with Crippen molar-refractivity contribution in [1.29, 1.82) is 0 Å². The third kappa shape index (κ3) is 4.77. The number of aromatic nitrogens is 1. The van der Waals surface area contributed by atoms with Gasteiger partial charge in [0.2, 0.25) is 0 Å². The van der Waals surface area contributed by atoms with Gasteiger partial charge in [0.15, 0.2) is 0 Å². The Labute approximate surface area is 129 Å². The van der Waals surface area contributed by atoms with Crippen LogP contribution in [0.5, 0.6) is 0 Å². The minimum Gasteiger partial charge on any atom is -0.310 e. The molecule has 4 heteroatoms. The second-order valence-electron chi connectivity index (χ2n) is 6.43. The van der Waals surface area contributed by atoms with E-state index in [9.17, 15) is 0 Å². The van der Waals surface area contributed by atoms with Crippen molar-refractivity contribution in [3.63, 3.8) is 0 Å². The third-order valence-electron chi connectivity index (χ3n) is 4.43. The molecule has 0 aromatic carbocycles. The van der Waals surface area contributed by atoms with Crippen LogP contribution in [0.3, 0.4) is 0 Å². The minimum absolute atomic E-state index is 0.399. The molecule has 4 nitrogen and oxygen atoms in total. The normalized spacial score (nSPS) is 22.4. The standard InChI is InChI=1S/C17H30N4/c1-5-6-19-17(15-9-14(2)11-18-12-15)10-16-13-20(3)7-8-21(16)4/h9,11-12,16-17,19H,5-8,10,13H2,1-4H3. The zero-order valence-electron chi connectivity index (χ0n) is 14.0. The maximum atomic E-state index is 4.38. The first-order chi connectivity index (χ1) is 10.1. The number of hydrogen-bond acceptors (Lipinski definition) is 4. The summed E-state index contributed by atoms with van der Waals surface area (Å²) in [5, 5.41) is 3.71. The van der Waals surface area contributed by atoms with Crippen LogP contribution in [0, 0.1) is 6.92 Å². The van der Waals surface area contributed by atoms with Gasteiger partial charge in [-0.25, -0.2) is 0 Å². The molecule has 1 aromatic heterocycles. The average Bonchev–Trinajstić information content (AvgIpc) is 2.47. The smallest absolute Gasteiger partial charge is 0.0350 e. The van der Waals surface area contributed by atoms with Crippen molar-refractivity contribution in [2.24, 2.45) is 0 Å². The number of piperazine rings is 1. The highest BCUT2D eigenvalue weighted by atomic mass is 15.3. The highest BCUT2D eigenvalue weighted by Crippen LogP contribution is 2.22. The molecule has 1 aromatic rings. The van der Waals surface area contributed by atoms with Crippen molar-refractivity contribution in [2.75, 3.05) is 40.3 Å². The van der Waals surface area contributed by atoms with Crippen LogP contribution in [0.15, 0.2) is 18.5 Å². The molecule has 1 aliphatic heterocycles. The molecule has 0 radical (unpaired) electrons. The van der Waals surface area contributed by atoms with Gasteiger partial charge in [0.05, 0.1) is 0 Å². The first-order valence-corrected chi connectivity index (χ1v) is 8.14. The monoisotopic (exact) mass is 290 g/mol. The van der Waals surface area contributed by atoms with Gasteiger partial charge in [-0.2, -0.15) is 0 Å². The molecule has 0 amide bonds. The fourth-order valence-corrected chi connectivity index (χ4v) is 3.05. The molecule has 1 aliphatic rings. The molecule has 0 spiro atoms. The van der Waals surface area contributed by atoms with Crippen LogP contribution in [0.1, 0.15) is 36.9 Å². The second kappa shape index (κ2) is 7.87. The van der Waals surface area contributed by atoms with Crippen LogP contribution >= 0.6 is 0 Å². The minimum atomic E-state index is 0.399. The summed E-state index contributed by atoms with van der Waals surface area (Å²) >= 11 is 0. The van der Waals surface area contributed by atoms with Crippen molar-refractivity contribution in [3.8, 4) is 0 Å². The molecule has 1 fully saturated rings. The number of pyridine rings is 1. The summed E-state index contributed by atoms with van der Waals surface area (Å²) < 4.78 is 0. The topological polar surface area (TPSA) is 31.4 Å². The van der Waals surface area contributed by atoms with Crippen LogP contribution in [0.4, 0.5) is 0 Å². The van der Waals surface area contributed by atoms with Gasteiger partial charge in [-0.3, -0.25) is 4.98 Å². The molecule has 118 valence electrons. The lowest BCUT2D eigenvalue weighted by Gasteiger charge is -2.39. The zero-order chi connectivity index (χ0) is 15.2. The molecule has 2 atom stereocenters. The van der Waals surface area contributed by atoms with Gasteiger partial charge in [0.25, 0.3) is 0 Å². The Balaban J connectivity index is 2.08. The van der Waals surface area contributed by atoms with Crippen molar-refractivity contribution in [2.45, 2.75) is 38.8 Å². The van der Waals surface area contributed by atoms with E-state index in [1.807, 2.05) is 12.4 Å². The van der Waals surface area contributed by atoms with E-state index in [2.05, 4.69) is 54.1 Å². The molecule has 1 N–H and O–H groups in total. The number of likely N-dealkylation sites (N-methyl/N-ethyl adjacent to an activating group) is 2. The maximum absolute atomic E-state index is 4.38.